The van der Waals surface area contributed by atoms with Crippen molar-refractivity contribution in [2.24, 2.45) is 0 Å². The normalized spacial score (nSPS) is 11.1. The van der Waals surface area contributed by atoms with Gasteiger partial charge in [0.2, 0.25) is 4.96 Å². The highest BCUT2D eigenvalue weighted by Crippen LogP contribution is 2.27. The second kappa shape index (κ2) is 7.20. The van der Waals surface area contributed by atoms with Crippen molar-refractivity contribution in [3.8, 4) is 16.9 Å². The maximum absolute atomic E-state index is 12.6. The number of aromatic nitrogens is 4. The quantitative estimate of drug-likeness (QED) is 0.438. The molecule has 1 N–H and O–H groups in total. The third-order valence-electron chi connectivity index (χ3n) is 4.48. The largest absolute Gasteiger partial charge is 0.324 e. The van der Waals surface area contributed by atoms with Crippen LogP contribution in [0.4, 0.5) is 5.95 Å². The van der Waals surface area contributed by atoms with Crippen molar-refractivity contribution >= 4 is 39.8 Å². The number of nitrogens with one attached hydrogen (secondary N) is 1. The molecular weight excluding hydrogens is 406 g/mol. The molecule has 0 aliphatic carbocycles. The van der Waals surface area contributed by atoms with E-state index in [1.54, 1.807) is 16.6 Å². The van der Waals surface area contributed by atoms with E-state index in [2.05, 4.69) is 15.4 Å². The van der Waals surface area contributed by atoms with E-state index >= 15 is 0 Å². The summed E-state index contributed by atoms with van der Waals surface area (Å²) in [6, 6.07) is 18.8. The number of thiazole rings is 1. The van der Waals surface area contributed by atoms with E-state index in [0.717, 1.165) is 16.9 Å². The molecule has 3 heterocycles. The van der Waals surface area contributed by atoms with Gasteiger partial charge in [-0.2, -0.15) is 4.98 Å². The average Bonchev–Trinajstić information content (AvgIpc) is 3.46. The van der Waals surface area contributed by atoms with Gasteiger partial charge in [0, 0.05) is 39.6 Å². The first kappa shape index (κ1) is 17.7. The first-order valence-electron chi connectivity index (χ1n) is 8.82. The predicted octanol–water partition coefficient (Wildman–Crippen LogP) is 5.15. The lowest BCUT2D eigenvalue weighted by Gasteiger charge is -2.05. The molecular formula is C21H14ClN5OS. The topological polar surface area (TPSA) is 64.2 Å². The highest BCUT2D eigenvalue weighted by molar-refractivity contribution is 7.15. The minimum absolute atomic E-state index is 0.254. The Morgan fingerprint density at radius 3 is 2.45 bits per heavy atom. The van der Waals surface area contributed by atoms with Crippen LogP contribution in [-0.4, -0.2) is 25.1 Å². The fraction of sp³-hybridized carbons (Fsp3) is 0. The van der Waals surface area contributed by atoms with Crippen molar-refractivity contribution in [3.05, 3.63) is 89.0 Å². The van der Waals surface area contributed by atoms with E-state index in [9.17, 15) is 4.79 Å². The molecule has 142 valence electrons. The van der Waals surface area contributed by atoms with E-state index < -0.39 is 0 Å². The molecule has 0 fully saturated rings. The number of hydrogen-bond acceptors (Lipinski definition) is 4. The summed E-state index contributed by atoms with van der Waals surface area (Å²) in [4.78, 5) is 17.7. The number of hydrogen-bond donors (Lipinski definition) is 1. The summed E-state index contributed by atoms with van der Waals surface area (Å²) in [5.74, 6) is 0.0156. The van der Waals surface area contributed by atoms with Gasteiger partial charge in [-0.25, -0.2) is 4.52 Å². The van der Waals surface area contributed by atoms with Crippen LogP contribution in [-0.2, 0) is 0 Å². The second-order valence-electron chi connectivity index (χ2n) is 6.35. The molecule has 0 atom stereocenters. The van der Waals surface area contributed by atoms with E-state index in [4.69, 9.17) is 11.6 Å². The first-order valence-corrected chi connectivity index (χ1v) is 10.1. The van der Waals surface area contributed by atoms with E-state index in [0.29, 0.717) is 15.5 Å². The minimum atomic E-state index is -0.254. The third-order valence-corrected chi connectivity index (χ3v) is 5.55. The highest BCUT2D eigenvalue weighted by atomic mass is 35.5. The number of benzene rings is 2. The Bertz CT molecular complexity index is 1290. The van der Waals surface area contributed by atoms with Crippen molar-refractivity contribution < 1.29 is 4.79 Å². The Hall–Kier alpha value is -3.42. The smallest absolute Gasteiger partial charge is 0.258 e. The molecule has 0 saturated heterocycles. The van der Waals surface area contributed by atoms with Crippen molar-refractivity contribution in [1.29, 1.82) is 0 Å². The lowest BCUT2D eigenvalue weighted by atomic mass is 10.2. The molecule has 8 heteroatoms. The summed E-state index contributed by atoms with van der Waals surface area (Å²) in [6.07, 6.45) is 3.91. The van der Waals surface area contributed by atoms with Crippen molar-refractivity contribution in [2.75, 3.05) is 5.32 Å². The van der Waals surface area contributed by atoms with Crippen molar-refractivity contribution in [2.45, 2.75) is 0 Å². The molecule has 0 saturated carbocycles. The number of amides is 1. The van der Waals surface area contributed by atoms with E-state index in [1.807, 2.05) is 70.9 Å². The zero-order chi connectivity index (χ0) is 19.8. The molecule has 2 aromatic carbocycles. The summed E-state index contributed by atoms with van der Waals surface area (Å²) in [5.41, 5.74) is 3.39. The van der Waals surface area contributed by atoms with Crippen LogP contribution in [0.3, 0.4) is 0 Å². The lowest BCUT2D eigenvalue weighted by Crippen LogP contribution is -2.13. The van der Waals surface area contributed by atoms with Gasteiger partial charge in [0.25, 0.3) is 11.9 Å². The maximum Gasteiger partial charge on any atom is 0.258 e. The SMILES string of the molecule is O=C(Nc1nc2scc(-c3ccc(Cl)cc3)n2n1)c1ccc(-n2cccc2)cc1. The van der Waals surface area contributed by atoms with E-state index in [1.165, 1.54) is 11.3 Å². The molecule has 5 aromatic rings. The lowest BCUT2D eigenvalue weighted by molar-refractivity contribution is 0.102. The Balaban J connectivity index is 1.37. The zero-order valence-electron chi connectivity index (χ0n) is 15.0. The molecule has 6 nitrogen and oxygen atoms in total. The second-order valence-corrected chi connectivity index (χ2v) is 7.62. The number of nitrogens with zero attached hydrogens (tertiary/aromatic N) is 4. The van der Waals surface area contributed by atoms with Crippen molar-refractivity contribution in [1.82, 2.24) is 19.2 Å². The van der Waals surface area contributed by atoms with Gasteiger partial charge in [-0.15, -0.1) is 16.4 Å². The number of rotatable bonds is 4. The van der Waals surface area contributed by atoms with Gasteiger partial charge in [0.05, 0.1) is 5.69 Å². The van der Waals surface area contributed by atoms with Crippen LogP contribution >= 0.6 is 22.9 Å². The minimum Gasteiger partial charge on any atom is -0.324 e. The van der Waals surface area contributed by atoms with E-state index in [-0.39, 0.29) is 11.9 Å². The Morgan fingerprint density at radius 2 is 1.72 bits per heavy atom. The summed E-state index contributed by atoms with van der Waals surface area (Å²) in [6.45, 7) is 0. The molecule has 29 heavy (non-hydrogen) atoms. The highest BCUT2D eigenvalue weighted by Gasteiger charge is 2.14. The van der Waals surface area contributed by atoms with Crippen LogP contribution in [0.25, 0.3) is 21.9 Å². The summed E-state index contributed by atoms with van der Waals surface area (Å²) in [5, 5.41) is 9.87. The number of halogens is 1. The first-order chi connectivity index (χ1) is 14.2. The molecule has 0 aliphatic rings. The average molecular weight is 420 g/mol. The van der Waals surface area contributed by atoms with Crippen LogP contribution in [0.15, 0.2) is 78.4 Å². The van der Waals surface area contributed by atoms with Gasteiger partial charge in [-0.3, -0.25) is 10.1 Å². The molecule has 1 amide bonds. The summed E-state index contributed by atoms with van der Waals surface area (Å²) >= 11 is 7.43. The van der Waals surface area contributed by atoms with Crippen LogP contribution in [0.2, 0.25) is 5.02 Å². The van der Waals surface area contributed by atoms with Crippen LogP contribution < -0.4 is 5.32 Å². The monoisotopic (exact) mass is 419 g/mol. The molecule has 5 rings (SSSR count). The van der Waals surface area contributed by atoms with Crippen LogP contribution in [0.5, 0.6) is 0 Å². The number of anilines is 1. The Kier molecular flexibility index (Phi) is 4.38. The molecule has 0 bridgehead atoms. The predicted molar refractivity (Wildman–Crippen MR) is 115 cm³/mol. The Labute approximate surface area is 175 Å². The van der Waals surface area contributed by atoms with Gasteiger partial charge in [-0.1, -0.05) is 23.7 Å². The summed E-state index contributed by atoms with van der Waals surface area (Å²) in [7, 11) is 0. The van der Waals surface area contributed by atoms with Crippen LogP contribution in [0, 0.1) is 0 Å². The fourth-order valence-electron chi connectivity index (χ4n) is 3.02. The fourth-order valence-corrected chi connectivity index (χ4v) is 3.98. The van der Waals surface area contributed by atoms with Gasteiger partial charge in [-0.05, 0) is 48.5 Å². The van der Waals surface area contributed by atoms with Gasteiger partial charge < -0.3 is 4.57 Å². The number of fused-ring (bicyclic) bond motifs is 1. The third kappa shape index (κ3) is 3.41. The Morgan fingerprint density at radius 1 is 1.00 bits per heavy atom. The molecule has 0 spiro atoms. The molecule has 0 radical (unpaired) electrons. The number of carbonyl (C=O) groups excluding carboxylic acids is 1. The molecule has 0 aliphatic heterocycles. The van der Waals surface area contributed by atoms with Crippen LogP contribution in [0.1, 0.15) is 10.4 Å². The van der Waals surface area contributed by atoms with Gasteiger partial charge in [0.15, 0.2) is 0 Å². The molecule has 3 aromatic heterocycles. The van der Waals surface area contributed by atoms with Gasteiger partial charge in [0.1, 0.15) is 0 Å². The standard InChI is InChI=1S/C21H14ClN5OS/c22-16-7-3-14(4-8-16)18-13-29-21-24-20(25-27(18)21)23-19(28)15-5-9-17(10-6-15)26-11-1-2-12-26/h1-13H,(H,23,25,28). The van der Waals surface area contributed by atoms with Crippen molar-refractivity contribution in [3.63, 3.8) is 0 Å². The maximum atomic E-state index is 12.6. The number of carbonyl (C=O) groups is 1. The summed E-state index contributed by atoms with van der Waals surface area (Å²) < 4.78 is 3.70. The molecule has 0 unspecified atom stereocenters. The van der Waals surface area contributed by atoms with Gasteiger partial charge >= 0.3 is 0 Å². The zero-order valence-corrected chi connectivity index (χ0v) is 16.6.